The molecule has 0 heterocycles. The summed E-state index contributed by atoms with van der Waals surface area (Å²) in [6.07, 6.45) is 1.12. The molecule has 0 aromatic heterocycles. The summed E-state index contributed by atoms with van der Waals surface area (Å²) in [6, 6.07) is 16.3. The molecular weight excluding hydrogens is 260 g/mol. The summed E-state index contributed by atoms with van der Waals surface area (Å²) in [5.41, 5.74) is 3.45. The molecule has 21 heavy (non-hydrogen) atoms. The summed E-state index contributed by atoms with van der Waals surface area (Å²) >= 11 is 0. The molecule has 2 nitrogen and oxygen atoms in total. The Morgan fingerprint density at radius 3 is 2.43 bits per heavy atom. The second-order valence-corrected chi connectivity index (χ2v) is 5.51. The Kier molecular flexibility index (Phi) is 5.40. The van der Waals surface area contributed by atoms with Gasteiger partial charge in [-0.25, -0.2) is 0 Å². The van der Waals surface area contributed by atoms with E-state index in [0.29, 0.717) is 6.42 Å². The summed E-state index contributed by atoms with van der Waals surface area (Å²) in [4.78, 5) is 0. The van der Waals surface area contributed by atoms with Gasteiger partial charge >= 0.3 is 0 Å². The fourth-order valence-corrected chi connectivity index (χ4v) is 2.86. The lowest BCUT2D eigenvalue weighted by Gasteiger charge is -2.23. The van der Waals surface area contributed by atoms with Gasteiger partial charge in [0.05, 0.1) is 13.2 Å². The average molecular weight is 284 g/mol. The third kappa shape index (κ3) is 3.85. The molecule has 0 radical (unpaired) electrons. The van der Waals surface area contributed by atoms with Crippen LogP contribution in [0.15, 0.2) is 48.5 Å². The number of hydrogen-bond donors (Lipinski definition) is 1. The quantitative estimate of drug-likeness (QED) is 0.865. The maximum Gasteiger partial charge on any atom is 0.122 e. The Bertz CT molecular complexity index is 563. The molecule has 0 bridgehead atoms. The molecule has 2 aromatic rings. The molecular formula is C19H24O2. The van der Waals surface area contributed by atoms with E-state index < -0.39 is 6.10 Å². The predicted molar refractivity (Wildman–Crippen MR) is 86.9 cm³/mol. The zero-order chi connectivity index (χ0) is 15.2. The molecule has 0 spiro atoms. The third-order valence-corrected chi connectivity index (χ3v) is 4.00. The van der Waals surface area contributed by atoms with Gasteiger partial charge in [0.1, 0.15) is 5.75 Å². The van der Waals surface area contributed by atoms with Crippen molar-refractivity contribution in [2.75, 3.05) is 7.11 Å². The number of ether oxygens (including phenoxy) is 1. The molecule has 0 aliphatic rings. The maximum absolute atomic E-state index is 10.7. The van der Waals surface area contributed by atoms with Gasteiger partial charge in [-0.3, -0.25) is 0 Å². The van der Waals surface area contributed by atoms with Crippen LogP contribution in [0.4, 0.5) is 0 Å². The van der Waals surface area contributed by atoms with E-state index in [-0.39, 0.29) is 5.92 Å². The van der Waals surface area contributed by atoms with E-state index in [1.54, 1.807) is 7.11 Å². The number of aliphatic hydroxyl groups excluding tert-OH is 1. The molecule has 0 saturated heterocycles. The molecule has 2 atom stereocenters. The molecule has 2 heteroatoms. The van der Waals surface area contributed by atoms with Crippen LogP contribution in [0.5, 0.6) is 5.75 Å². The van der Waals surface area contributed by atoms with Gasteiger partial charge in [-0.15, -0.1) is 0 Å². The summed E-state index contributed by atoms with van der Waals surface area (Å²) in [6.45, 7) is 4.18. The lowest BCUT2D eigenvalue weighted by atomic mass is 9.87. The highest BCUT2D eigenvalue weighted by Crippen LogP contribution is 2.28. The Morgan fingerprint density at radius 2 is 1.81 bits per heavy atom. The number of benzene rings is 2. The first-order chi connectivity index (χ1) is 10.2. The Hall–Kier alpha value is -1.80. The Morgan fingerprint density at radius 1 is 1.10 bits per heavy atom. The van der Waals surface area contributed by atoms with Gasteiger partial charge < -0.3 is 9.84 Å². The van der Waals surface area contributed by atoms with Crippen molar-refractivity contribution < 1.29 is 9.84 Å². The first-order valence-corrected chi connectivity index (χ1v) is 7.52. The predicted octanol–water partition coefficient (Wildman–Crippen LogP) is 4.10. The van der Waals surface area contributed by atoms with Crippen LogP contribution in [0.3, 0.4) is 0 Å². The van der Waals surface area contributed by atoms with Crippen LogP contribution < -0.4 is 4.74 Å². The molecule has 0 fully saturated rings. The molecule has 112 valence electrons. The van der Waals surface area contributed by atoms with Crippen LogP contribution in [-0.2, 0) is 6.42 Å². The zero-order valence-electron chi connectivity index (χ0n) is 13.0. The summed E-state index contributed by atoms with van der Waals surface area (Å²) in [7, 11) is 1.68. The number of rotatable bonds is 6. The van der Waals surface area contributed by atoms with Crippen molar-refractivity contribution in [3.05, 3.63) is 65.2 Å². The minimum absolute atomic E-state index is 0.149. The smallest absolute Gasteiger partial charge is 0.122 e. The summed E-state index contributed by atoms with van der Waals surface area (Å²) in [5, 5.41) is 10.7. The van der Waals surface area contributed by atoms with E-state index in [1.165, 1.54) is 11.1 Å². The van der Waals surface area contributed by atoms with Gasteiger partial charge in [-0.1, -0.05) is 55.0 Å². The van der Waals surface area contributed by atoms with Gasteiger partial charge in [-0.05, 0) is 30.5 Å². The minimum atomic E-state index is -0.409. The highest BCUT2D eigenvalue weighted by molar-refractivity contribution is 5.37. The van der Waals surface area contributed by atoms with Crippen LogP contribution in [-0.4, -0.2) is 18.3 Å². The number of hydrogen-bond acceptors (Lipinski definition) is 2. The Balaban J connectivity index is 2.20. The standard InChI is InChI=1S/C19H24O2/c1-4-17(15-8-6-5-7-9-15)18(20)13-16-12-14(2)10-11-19(16)21-3/h5-12,17-18,20H,4,13H2,1-3H3. The first kappa shape index (κ1) is 15.6. The van der Waals surface area contributed by atoms with E-state index in [1.807, 2.05) is 30.3 Å². The van der Waals surface area contributed by atoms with E-state index in [9.17, 15) is 5.11 Å². The van der Waals surface area contributed by atoms with Gasteiger partial charge in [0, 0.05) is 12.3 Å². The van der Waals surface area contributed by atoms with E-state index in [4.69, 9.17) is 4.74 Å². The van der Waals surface area contributed by atoms with Gasteiger partial charge in [0.15, 0.2) is 0 Å². The Labute approximate surface area is 127 Å². The van der Waals surface area contributed by atoms with E-state index in [0.717, 1.165) is 17.7 Å². The third-order valence-electron chi connectivity index (χ3n) is 4.00. The van der Waals surface area contributed by atoms with Crippen LogP contribution in [0.2, 0.25) is 0 Å². The van der Waals surface area contributed by atoms with Crippen molar-refractivity contribution >= 4 is 0 Å². The maximum atomic E-state index is 10.7. The average Bonchev–Trinajstić information content (AvgIpc) is 2.49. The molecule has 0 aliphatic carbocycles. The second kappa shape index (κ2) is 7.28. The van der Waals surface area contributed by atoms with Crippen molar-refractivity contribution in [3.8, 4) is 5.75 Å². The fourth-order valence-electron chi connectivity index (χ4n) is 2.86. The van der Waals surface area contributed by atoms with Gasteiger partial charge in [0.2, 0.25) is 0 Å². The summed E-state index contributed by atoms with van der Waals surface area (Å²) < 4.78 is 5.41. The van der Waals surface area contributed by atoms with Crippen LogP contribution in [0.25, 0.3) is 0 Å². The normalized spacial score (nSPS) is 13.7. The van der Waals surface area contributed by atoms with E-state index in [2.05, 4.69) is 32.0 Å². The van der Waals surface area contributed by atoms with Crippen LogP contribution in [0.1, 0.15) is 36.0 Å². The number of aryl methyl sites for hydroxylation is 1. The summed E-state index contributed by atoms with van der Waals surface area (Å²) in [5.74, 6) is 0.999. The molecule has 2 unspecified atom stereocenters. The molecule has 0 saturated carbocycles. The molecule has 2 aromatic carbocycles. The van der Waals surface area contributed by atoms with Crippen molar-refractivity contribution in [1.82, 2.24) is 0 Å². The second-order valence-electron chi connectivity index (χ2n) is 5.51. The molecule has 0 amide bonds. The molecule has 0 aliphatic heterocycles. The van der Waals surface area contributed by atoms with Crippen molar-refractivity contribution in [1.29, 1.82) is 0 Å². The topological polar surface area (TPSA) is 29.5 Å². The largest absolute Gasteiger partial charge is 0.496 e. The van der Waals surface area contributed by atoms with E-state index >= 15 is 0 Å². The highest BCUT2D eigenvalue weighted by atomic mass is 16.5. The van der Waals surface area contributed by atoms with Crippen LogP contribution in [0, 0.1) is 6.92 Å². The first-order valence-electron chi connectivity index (χ1n) is 7.52. The lowest BCUT2D eigenvalue weighted by Crippen LogP contribution is -2.21. The van der Waals surface area contributed by atoms with Gasteiger partial charge in [0.25, 0.3) is 0 Å². The monoisotopic (exact) mass is 284 g/mol. The molecule has 2 rings (SSSR count). The van der Waals surface area contributed by atoms with Crippen molar-refractivity contribution in [3.63, 3.8) is 0 Å². The lowest BCUT2D eigenvalue weighted by molar-refractivity contribution is 0.140. The molecule has 1 N–H and O–H groups in total. The van der Waals surface area contributed by atoms with Crippen molar-refractivity contribution in [2.45, 2.75) is 38.7 Å². The highest BCUT2D eigenvalue weighted by Gasteiger charge is 2.21. The SMILES string of the molecule is CCC(c1ccccc1)C(O)Cc1cc(C)ccc1OC. The fraction of sp³-hybridized carbons (Fsp3) is 0.368. The van der Waals surface area contributed by atoms with Crippen LogP contribution >= 0.6 is 0 Å². The van der Waals surface area contributed by atoms with Crippen molar-refractivity contribution in [2.24, 2.45) is 0 Å². The zero-order valence-corrected chi connectivity index (χ0v) is 13.0. The minimum Gasteiger partial charge on any atom is -0.496 e. The number of methoxy groups -OCH3 is 1. The van der Waals surface area contributed by atoms with Gasteiger partial charge in [-0.2, -0.15) is 0 Å². The number of aliphatic hydroxyl groups is 1.